The molecule has 2 heterocycles. The fraction of sp³-hybridized carbons (Fsp3) is 0.222. The van der Waals surface area contributed by atoms with E-state index in [-0.39, 0.29) is 24.0 Å². The first kappa shape index (κ1) is 18.7. The van der Waals surface area contributed by atoms with Crippen LogP contribution in [0.1, 0.15) is 10.4 Å². The van der Waals surface area contributed by atoms with Crippen molar-refractivity contribution in [2.75, 3.05) is 13.6 Å². The van der Waals surface area contributed by atoms with E-state index in [0.29, 0.717) is 0 Å². The summed E-state index contributed by atoms with van der Waals surface area (Å²) in [4.78, 5) is 10.1. The van der Waals surface area contributed by atoms with Crippen LogP contribution < -0.4 is 10.6 Å². The Balaban J connectivity index is 0.00000208. The van der Waals surface area contributed by atoms with Gasteiger partial charge in [-0.1, -0.05) is 30.3 Å². The number of guanidine groups is 1. The van der Waals surface area contributed by atoms with E-state index in [1.807, 2.05) is 12.3 Å². The van der Waals surface area contributed by atoms with Gasteiger partial charge in [0.1, 0.15) is 0 Å². The molecular formula is C18H21IN4S. The van der Waals surface area contributed by atoms with Crippen LogP contribution in [0.15, 0.2) is 59.0 Å². The van der Waals surface area contributed by atoms with Gasteiger partial charge in [-0.15, -0.1) is 35.3 Å². The lowest BCUT2D eigenvalue weighted by Gasteiger charge is -2.12. The Bertz CT molecular complexity index is 781. The summed E-state index contributed by atoms with van der Waals surface area (Å²) in [5, 5.41) is 9.96. The highest BCUT2D eigenvalue weighted by molar-refractivity contribution is 14.0. The normalized spacial score (nSPS) is 11.1. The van der Waals surface area contributed by atoms with Crippen molar-refractivity contribution >= 4 is 52.2 Å². The first-order valence-electron chi connectivity index (χ1n) is 7.66. The van der Waals surface area contributed by atoms with Crippen molar-refractivity contribution in [2.24, 2.45) is 4.99 Å². The molecule has 0 aliphatic carbocycles. The molecule has 0 bridgehead atoms. The minimum absolute atomic E-state index is 0. The Kier molecular flexibility index (Phi) is 7.45. The number of thiophene rings is 1. The van der Waals surface area contributed by atoms with E-state index < -0.39 is 0 Å². The van der Waals surface area contributed by atoms with Crippen LogP contribution in [0, 0.1) is 0 Å². The molecule has 3 aromatic rings. The minimum Gasteiger partial charge on any atom is -0.356 e. The van der Waals surface area contributed by atoms with Crippen LogP contribution in [-0.4, -0.2) is 24.5 Å². The maximum atomic E-state index is 4.50. The van der Waals surface area contributed by atoms with Crippen molar-refractivity contribution in [1.29, 1.82) is 0 Å². The van der Waals surface area contributed by atoms with Gasteiger partial charge >= 0.3 is 0 Å². The van der Waals surface area contributed by atoms with Gasteiger partial charge in [0.2, 0.25) is 0 Å². The number of halogens is 1. The predicted octanol–water partition coefficient (Wildman–Crippen LogP) is 3.82. The number of nitrogens with zero attached hydrogens (tertiary/aromatic N) is 2. The van der Waals surface area contributed by atoms with E-state index >= 15 is 0 Å². The Morgan fingerprint density at radius 2 is 2.00 bits per heavy atom. The number of hydrogen-bond acceptors (Lipinski definition) is 3. The molecular weight excluding hydrogens is 431 g/mol. The van der Waals surface area contributed by atoms with Crippen LogP contribution in [0.2, 0.25) is 0 Å². The predicted molar refractivity (Wildman–Crippen MR) is 113 cm³/mol. The van der Waals surface area contributed by atoms with E-state index in [9.17, 15) is 0 Å². The number of aliphatic imine (C=N–C) groups is 1. The molecule has 3 rings (SSSR count). The monoisotopic (exact) mass is 452 g/mol. The van der Waals surface area contributed by atoms with Crippen molar-refractivity contribution in [3.63, 3.8) is 0 Å². The topological polar surface area (TPSA) is 49.3 Å². The molecule has 126 valence electrons. The zero-order valence-electron chi connectivity index (χ0n) is 13.5. The summed E-state index contributed by atoms with van der Waals surface area (Å²) in [5.74, 6) is 0.826. The molecule has 2 aromatic heterocycles. The van der Waals surface area contributed by atoms with Crippen molar-refractivity contribution in [1.82, 2.24) is 15.6 Å². The highest BCUT2D eigenvalue weighted by atomic mass is 127. The summed E-state index contributed by atoms with van der Waals surface area (Å²) < 4.78 is 0. The largest absolute Gasteiger partial charge is 0.356 e. The molecule has 1 aromatic carbocycles. The average molecular weight is 452 g/mol. The van der Waals surface area contributed by atoms with Gasteiger partial charge in [-0.3, -0.25) is 9.98 Å². The third-order valence-corrected chi connectivity index (χ3v) is 4.51. The summed E-state index contributed by atoms with van der Waals surface area (Å²) in [6.07, 6.45) is 2.76. The summed E-state index contributed by atoms with van der Waals surface area (Å²) in [7, 11) is 1.79. The van der Waals surface area contributed by atoms with Crippen molar-refractivity contribution in [3.05, 3.63) is 64.5 Å². The molecule has 0 saturated heterocycles. The minimum atomic E-state index is 0. The summed E-state index contributed by atoms with van der Waals surface area (Å²) in [6, 6.07) is 14.6. The van der Waals surface area contributed by atoms with Crippen molar-refractivity contribution in [3.8, 4) is 0 Å². The Morgan fingerprint density at radius 3 is 2.79 bits per heavy atom. The van der Waals surface area contributed by atoms with Gasteiger partial charge in [0.05, 0.1) is 12.1 Å². The third-order valence-electron chi connectivity index (χ3n) is 3.64. The second-order valence-electron chi connectivity index (χ2n) is 5.17. The highest BCUT2D eigenvalue weighted by Crippen LogP contribution is 2.15. The zero-order valence-corrected chi connectivity index (χ0v) is 16.7. The van der Waals surface area contributed by atoms with Crippen LogP contribution in [-0.2, 0) is 13.0 Å². The molecule has 0 radical (unpaired) electrons. The van der Waals surface area contributed by atoms with Gasteiger partial charge in [0, 0.05) is 30.1 Å². The van der Waals surface area contributed by atoms with E-state index in [2.05, 4.69) is 62.4 Å². The second-order valence-corrected chi connectivity index (χ2v) is 6.21. The molecule has 0 atom stereocenters. The number of pyridine rings is 1. The average Bonchev–Trinajstić information content (AvgIpc) is 3.11. The molecule has 0 aliphatic heterocycles. The van der Waals surface area contributed by atoms with Gasteiger partial charge < -0.3 is 10.6 Å². The lowest BCUT2D eigenvalue weighted by atomic mass is 10.1. The van der Waals surface area contributed by atoms with Crippen molar-refractivity contribution < 1.29 is 0 Å². The molecule has 24 heavy (non-hydrogen) atoms. The van der Waals surface area contributed by atoms with Crippen LogP contribution >= 0.6 is 35.3 Å². The third kappa shape index (κ3) is 4.91. The highest BCUT2D eigenvalue weighted by Gasteiger charge is 2.03. The summed E-state index contributed by atoms with van der Waals surface area (Å²) in [5.41, 5.74) is 2.34. The van der Waals surface area contributed by atoms with Gasteiger partial charge in [-0.25, -0.2) is 0 Å². The molecule has 0 aliphatic rings. The number of aromatic nitrogens is 1. The first-order chi connectivity index (χ1) is 11.4. The maximum absolute atomic E-state index is 4.50. The van der Waals surface area contributed by atoms with E-state index in [1.165, 1.54) is 15.8 Å². The molecule has 0 saturated carbocycles. The molecule has 0 amide bonds. The van der Waals surface area contributed by atoms with Crippen LogP contribution in [0.25, 0.3) is 10.9 Å². The van der Waals surface area contributed by atoms with Crippen LogP contribution in [0.5, 0.6) is 0 Å². The fourth-order valence-corrected chi connectivity index (χ4v) is 3.13. The van der Waals surface area contributed by atoms with E-state index in [4.69, 9.17) is 0 Å². The molecule has 0 unspecified atom stereocenters. The molecule has 4 nitrogen and oxygen atoms in total. The van der Waals surface area contributed by atoms with Crippen LogP contribution in [0.3, 0.4) is 0 Å². The lowest BCUT2D eigenvalue weighted by Crippen LogP contribution is -2.37. The number of benzene rings is 1. The molecule has 2 N–H and O–H groups in total. The molecule has 0 spiro atoms. The smallest absolute Gasteiger partial charge is 0.191 e. The number of hydrogen-bond donors (Lipinski definition) is 2. The summed E-state index contributed by atoms with van der Waals surface area (Å²) in [6.45, 7) is 1.62. The van der Waals surface area contributed by atoms with Crippen LogP contribution in [0.4, 0.5) is 0 Å². The standard InChI is InChI=1S/C18H20N4S.HI/c1-19-18(22-13-16-8-4-12-23-16)21-11-9-15-6-2-5-14-7-3-10-20-17(14)15;/h2-8,10,12H,9,11,13H2,1H3,(H2,19,21,22);1H. The van der Waals surface area contributed by atoms with Gasteiger partial charge in [0.25, 0.3) is 0 Å². The van der Waals surface area contributed by atoms with Gasteiger partial charge in [-0.05, 0) is 29.5 Å². The quantitative estimate of drug-likeness (QED) is 0.352. The molecule has 0 fully saturated rings. The van der Waals surface area contributed by atoms with Gasteiger partial charge in [0.15, 0.2) is 5.96 Å². The number of rotatable bonds is 5. The Morgan fingerprint density at radius 1 is 1.12 bits per heavy atom. The SMILES string of the molecule is CN=C(NCCc1cccc2cccnc12)NCc1cccs1.I. The summed E-state index contributed by atoms with van der Waals surface area (Å²) >= 11 is 1.74. The molecule has 6 heteroatoms. The van der Waals surface area contributed by atoms with Gasteiger partial charge in [-0.2, -0.15) is 0 Å². The fourth-order valence-electron chi connectivity index (χ4n) is 2.49. The van der Waals surface area contributed by atoms with Crippen molar-refractivity contribution in [2.45, 2.75) is 13.0 Å². The Labute approximate surface area is 163 Å². The number of nitrogens with one attached hydrogen (secondary N) is 2. The maximum Gasteiger partial charge on any atom is 0.191 e. The lowest BCUT2D eigenvalue weighted by molar-refractivity contribution is 0.801. The Hall–Kier alpha value is -1.67. The van der Waals surface area contributed by atoms with E-state index in [1.54, 1.807) is 18.4 Å². The van der Waals surface area contributed by atoms with E-state index in [0.717, 1.165) is 31.0 Å². The number of fused-ring (bicyclic) bond motifs is 1. The number of para-hydroxylation sites is 1. The zero-order chi connectivity index (χ0) is 15.9. The first-order valence-corrected chi connectivity index (χ1v) is 8.54. The second kappa shape index (κ2) is 9.58.